The van der Waals surface area contributed by atoms with Crippen molar-refractivity contribution in [1.29, 1.82) is 0 Å². The fourth-order valence-corrected chi connectivity index (χ4v) is 2.71. The van der Waals surface area contributed by atoms with Crippen LogP contribution in [0.15, 0.2) is 18.2 Å². The molecule has 0 spiro atoms. The molecule has 1 aliphatic rings. The number of amides is 1. The molecule has 0 aliphatic carbocycles. The number of nitrogens with two attached hydrogens (primary N) is 1. The molecular formula is C18H24F4N2O2. The molecule has 146 valence electrons. The summed E-state index contributed by atoms with van der Waals surface area (Å²) in [7, 11) is 0. The number of halogens is 4. The summed E-state index contributed by atoms with van der Waals surface area (Å²) < 4.78 is 48.3. The van der Waals surface area contributed by atoms with Crippen molar-refractivity contribution < 1.29 is 27.2 Å². The number of benzene rings is 1. The SMILES string of the molecule is CC(=O)C1CCCN1C(=O)CC(C)C.Nc1ccc(F)c(C(F)(F)F)c1. The van der Waals surface area contributed by atoms with Crippen LogP contribution in [0.4, 0.5) is 23.2 Å². The fraction of sp³-hybridized carbons (Fsp3) is 0.556. The van der Waals surface area contributed by atoms with E-state index in [0.717, 1.165) is 25.5 Å². The number of nitrogens with zero attached hydrogens (tertiary/aromatic N) is 1. The lowest BCUT2D eigenvalue weighted by Crippen LogP contribution is -2.39. The average Bonchev–Trinajstić information content (AvgIpc) is 2.98. The predicted octanol–water partition coefficient (Wildman–Crippen LogP) is 4.04. The first kappa shape index (κ1) is 21.9. The van der Waals surface area contributed by atoms with Crippen LogP contribution in [0.3, 0.4) is 0 Å². The molecule has 2 rings (SSSR count). The van der Waals surface area contributed by atoms with Gasteiger partial charge in [-0.15, -0.1) is 0 Å². The number of carbonyl (C=O) groups excluding carboxylic acids is 2. The molecule has 8 heteroatoms. The molecule has 1 heterocycles. The van der Waals surface area contributed by atoms with Crippen molar-refractivity contribution in [1.82, 2.24) is 4.90 Å². The summed E-state index contributed by atoms with van der Waals surface area (Å²) in [5, 5.41) is 0. The largest absolute Gasteiger partial charge is 0.419 e. The molecule has 1 amide bonds. The summed E-state index contributed by atoms with van der Waals surface area (Å²) in [6.45, 7) is 6.38. The zero-order valence-electron chi connectivity index (χ0n) is 15.1. The van der Waals surface area contributed by atoms with E-state index in [4.69, 9.17) is 5.73 Å². The van der Waals surface area contributed by atoms with Crippen LogP contribution in [0.2, 0.25) is 0 Å². The van der Waals surface area contributed by atoms with Gasteiger partial charge in [-0.25, -0.2) is 4.39 Å². The highest BCUT2D eigenvalue weighted by Crippen LogP contribution is 2.32. The van der Waals surface area contributed by atoms with Gasteiger partial charge in [-0.3, -0.25) is 9.59 Å². The first-order valence-corrected chi connectivity index (χ1v) is 8.35. The van der Waals surface area contributed by atoms with Crippen LogP contribution in [-0.2, 0) is 15.8 Å². The maximum atomic E-state index is 12.5. The Labute approximate surface area is 150 Å². The standard InChI is InChI=1S/C11H19NO2.C7H5F4N/c1-8(2)7-11(14)12-6-4-5-10(12)9(3)13;8-6-2-1-4(12)3-5(6)7(9,10)11/h8,10H,4-7H2,1-3H3;1-3H,12H2. The molecule has 0 saturated carbocycles. The highest BCUT2D eigenvalue weighted by molar-refractivity contribution is 5.88. The number of hydrogen-bond donors (Lipinski definition) is 1. The molecule has 1 aliphatic heterocycles. The van der Waals surface area contributed by atoms with Gasteiger partial charge in [0.15, 0.2) is 5.78 Å². The van der Waals surface area contributed by atoms with Crippen molar-refractivity contribution in [3.05, 3.63) is 29.6 Å². The van der Waals surface area contributed by atoms with Crippen molar-refractivity contribution in [2.75, 3.05) is 12.3 Å². The van der Waals surface area contributed by atoms with Crippen molar-refractivity contribution in [3.63, 3.8) is 0 Å². The minimum atomic E-state index is -4.68. The number of carbonyl (C=O) groups is 2. The normalized spacial score (nSPS) is 17.1. The maximum absolute atomic E-state index is 12.5. The summed E-state index contributed by atoms with van der Waals surface area (Å²) in [6, 6.07) is 2.19. The lowest BCUT2D eigenvalue weighted by molar-refractivity contribution is -0.140. The second-order valence-corrected chi connectivity index (χ2v) is 6.69. The Morgan fingerprint density at radius 2 is 1.92 bits per heavy atom. The third-order valence-corrected chi connectivity index (χ3v) is 3.92. The molecule has 0 aromatic heterocycles. The third-order valence-electron chi connectivity index (χ3n) is 3.92. The van der Waals surface area contributed by atoms with Gasteiger partial charge in [0.25, 0.3) is 0 Å². The van der Waals surface area contributed by atoms with Gasteiger partial charge in [-0.05, 0) is 43.9 Å². The smallest absolute Gasteiger partial charge is 0.399 e. The Morgan fingerprint density at radius 1 is 1.31 bits per heavy atom. The Morgan fingerprint density at radius 3 is 2.38 bits per heavy atom. The number of hydrogen-bond acceptors (Lipinski definition) is 3. The van der Waals surface area contributed by atoms with Gasteiger partial charge >= 0.3 is 6.18 Å². The van der Waals surface area contributed by atoms with Crippen LogP contribution in [-0.4, -0.2) is 29.2 Å². The van der Waals surface area contributed by atoms with E-state index in [-0.39, 0.29) is 23.4 Å². The van der Waals surface area contributed by atoms with Crippen molar-refractivity contribution in [2.24, 2.45) is 5.92 Å². The van der Waals surface area contributed by atoms with Crippen molar-refractivity contribution in [2.45, 2.75) is 52.3 Å². The lowest BCUT2D eigenvalue weighted by Gasteiger charge is -2.23. The summed E-state index contributed by atoms with van der Waals surface area (Å²) in [6.07, 6.45) is -2.31. The zero-order chi connectivity index (χ0) is 20.1. The van der Waals surface area contributed by atoms with E-state index in [2.05, 4.69) is 0 Å². The summed E-state index contributed by atoms with van der Waals surface area (Å²) in [5.74, 6) is -0.676. The van der Waals surface area contributed by atoms with E-state index < -0.39 is 17.6 Å². The van der Waals surface area contributed by atoms with Crippen LogP contribution in [0.25, 0.3) is 0 Å². The van der Waals surface area contributed by atoms with E-state index in [1.807, 2.05) is 13.8 Å². The number of anilines is 1. The van der Waals surface area contributed by atoms with E-state index in [1.165, 1.54) is 0 Å². The van der Waals surface area contributed by atoms with Gasteiger partial charge in [0.2, 0.25) is 5.91 Å². The van der Waals surface area contributed by atoms with E-state index in [1.54, 1.807) is 11.8 Å². The Kier molecular flexibility index (Phi) is 7.59. The molecule has 0 radical (unpaired) electrons. The first-order valence-electron chi connectivity index (χ1n) is 8.35. The van der Waals surface area contributed by atoms with Crippen LogP contribution >= 0.6 is 0 Å². The molecule has 0 bridgehead atoms. The van der Waals surface area contributed by atoms with Gasteiger partial charge in [0.1, 0.15) is 5.82 Å². The van der Waals surface area contributed by atoms with Crippen LogP contribution in [0, 0.1) is 11.7 Å². The molecule has 1 aromatic carbocycles. The van der Waals surface area contributed by atoms with E-state index in [9.17, 15) is 27.2 Å². The highest BCUT2D eigenvalue weighted by Gasteiger charge is 2.34. The third kappa shape index (κ3) is 6.31. The number of likely N-dealkylation sites (tertiary alicyclic amines) is 1. The molecule has 2 N–H and O–H groups in total. The molecule has 4 nitrogen and oxygen atoms in total. The molecule has 1 atom stereocenters. The minimum Gasteiger partial charge on any atom is -0.399 e. The molecular weight excluding hydrogens is 352 g/mol. The average molecular weight is 376 g/mol. The fourth-order valence-electron chi connectivity index (χ4n) is 2.71. The molecule has 26 heavy (non-hydrogen) atoms. The summed E-state index contributed by atoms with van der Waals surface area (Å²) in [4.78, 5) is 24.7. The molecule has 1 fully saturated rings. The molecule has 1 aromatic rings. The van der Waals surface area contributed by atoms with Crippen molar-refractivity contribution >= 4 is 17.4 Å². The second-order valence-electron chi connectivity index (χ2n) is 6.69. The highest BCUT2D eigenvalue weighted by atomic mass is 19.4. The predicted molar refractivity (Wildman–Crippen MR) is 90.7 cm³/mol. The topological polar surface area (TPSA) is 63.4 Å². The quantitative estimate of drug-likeness (QED) is 0.640. The van der Waals surface area contributed by atoms with E-state index >= 15 is 0 Å². The summed E-state index contributed by atoms with van der Waals surface area (Å²) in [5.41, 5.74) is 3.62. The van der Waals surface area contributed by atoms with Gasteiger partial charge in [0, 0.05) is 18.7 Å². The Hall–Kier alpha value is -2.12. The number of rotatable bonds is 3. The Bertz CT molecular complexity index is 645. The molecule has 1 saturated heterocycles. The van der Waals surface area contributed by atoms with Gasteiger partial charge < -0.3 is 10.6 Å². The monoisotopic (exact) mass is 376 g/mol. The number of nitrogen functional groups attached to an aromatic ring is 1. The summed E-state index contributed by atoms with van der Waals surface area (Å²) >= 11 is 0. The van der Waals surface area contributed by atoms with E-state index in [0.29, 0.717) is 24.5 Å². The Balaban J connectivity index is 0.000000263. The van der Waals surface area contributed by atoms with Crippen LogP contribution in [0.5, 0.6) is 0 Å². The van der Waals surface area contributed by atoms with Crippen LogP contribution in [0.1, 0.15) is 45.6 Å². The lowest BCUT2D eigenvalue weighted by atomic mass is 10.1. The molecule has 1 unspecified atom stereocenters. The van der Waals surface area contributed by atoms with Crippen molar-refractivity contribution in [3.8, 4) is 0 Å². The van der Waals surface area contributed by atoms with Gasteiger partial charge in [0.05, 0.1) is 11.6 Å². The minimum absolute atomic E-state index is 0.108. The first-order chi connectivity index (χ1) is 11.9. The van der Waals surface area contributed by atoms with Crippen LogP contribution < -0.4 is 5.73 Å². The number of ketones is 1. The van der Waals surface area contributed by atoms with Gasteiger partial charge in [-0.2, -0.15) is 13.2 Å². The number of Topliss-reactive ketones (excluding diaryl/α,β-unsaturated/α-hetero) is 1. The zero-order valence-corrected chi connectivity index (χ0v) is 15.1. The van der Waals surface area contributed by atoms with Gasteiger partial charge in [-0.1, -0.05) is 13.8 Å². The number of alkyl halides is 3. The maximum Gasteiger partial charge on any atom is 0.419 e. The second kappa shape index (κ2) is 9.00.